The van der Waals surface area contributed by atoms with Crippen LogP contribution in [0.4, 0.5) is 0 Å². The summed E-state index contributed by atoms with van der Waals surface area (Å²) in [6.07, 6.45) is 3.88. The molecule has 0 bridgehead atoms. The van der Waals surface area contributed by atoms with Crippen LogP contribution in [0.3, 0.4) is 0 Å². The van der Waals surface area contributed by atoms with Gasteiger partial charge in [-0.25, -0.2) is 0 Å². The molecule has 2 aromatic rings. The van der Waals surface area contributed by atoms with Crippen molar-refractivity contribution in [3.8, 4) is 6.07 Å². The van der Waals surface area contributed by atoms with Crippen molar-refractivity contribution < 1.29 is 4.79 Å². The summed E-state index contributed by atoms with van der Waals surface area (Å²) in [5.74, 6) is 0.519. The predicted molar refractivity (Wildman–Crippen MR) is 122 cm³/mol. The number of likely N-dealkylation sites (tertiary alicyclic amines) is 1. The zero-order chi connectivity index (χ0) is 21.7. The van der Waals surface area contributed by atoms with Crippen LogP contribution < -0.4 is 5.32 Å². The number of nitrogens with zero attached hydrogens (tertiary/aromatic N) is 2. The minimum absolute atomic E-state index is 0.0836. The monoisotopic (exact) mass is 399 g/mol. The van der Waals surface area contributed by atoms with Crippen LogP contribution in [0, 0.1) is 18.3 Å². The number of nitriles is 1. The Labute approximate surface area is 179 Å². The zero-order valence-corrected chi connectivity index (χ0v) is 18.0. The summed E-state index contributed by atoms with van der Waals surface area (Å²) in [6, 6.07) is 15.9. The highest BCUT2D eigenvalue weighted by molar-refractivity contribution is 5.95. The van der Waals surface area contributed by atoms with Crippen LogP contribution in [-0.4, -0.2) is 23.9 Å². The molecule has 0 saturated carbocycles. The third kappa shape index (κ3) is 4.80. The van der Waals surface area contributed by atoms with Gasteiger partial charge in [0.1, 0.15) is 0 Å². The molecule has 0 unspecified atom stereocenters. The Morgan fingerprint density at radius 3 is 2.43 bits per heavy atom. The van der Waals surface area contributed by atoms with Crippen LogP contribution in [0.1, 0.15) is 65.2 Å². The molecule has 0 atom stereocenters. The number of nitrogens with one attached hydrogen (secondary N) is 1. The van der Waals surface area contributed by atoms with Gasteiger partial charge in [-0.2, -0.15) is 5.26 Å². The lowest BCUT2D eigenvalue weighted by atomic mass is 9.88. The van der Waals surface area contributed by atoms with Crippen LogP contribution in [0.2, 0.25) is 0 Å². The number of amides is 1. The first kappa shape index (κ1) is 21.4. The molecule has 3 rings (SSSR count). The lowest BCUT2D eigenvalue weighted by molar-refractivity contribution is 0.0713. The Balaban J connectivity index is 1.71. The average molecular weight is 400 g/mol. The molecule has 0 aromatic heterocycles. The van der Waals surface area contributed by atoms with Crippen LogP contribution >= 0.6 is 0 Å². The van der Waals surface area contributed by atoms with E-state index in [0.29, 0.717) is 11.5 Å². The maximum atomic E-state index is 13.2. The highest BCUT2D eigenvalue weighted by Gasteiger charge is 2.25. The van der Waals surface area contributed by atoms with Gasteiger partial charge in [-0.05, 0) is 74.9 Å². The van der Waals surface area contributed by atoms with Gasteiger partial charge in [-0.3, -0.25) is 4.79 Å². The molecular weight excluding hydrogens is 370 g/mol. The Morgan fingerprint density at radius 2 is 1.87 bits per heavy atom. The molecule has 1 heterocycles. The van der Waals surface area contributed by atoms with Crippen molar-refractivity contribution in [1.29, 1.82) is 5.26 Å². The quantitative estimate of drug-likeness (QED) is 0.735. The van der Waals surface area contributed by atoms with Crippen molar-refractivity contribution in [2.75, 3.05) is 13.1 Å². The normalized spacial score (nSPS) is 14.9. The lowest BCUT2D eigenvalue weighted by Gasteiger charge is -2.32. The molecule has 4 heteroatoms. The highest BCUT2D eigenvalue weighted by atomic mass is 16.2. The predicted octanol–water partition coefficient (Wildman–Crippen LogP) is 5.37. The number of hydrogen-bond acceptors (Lipinski definition) is 3. The van der Waals surface area contributed by atoms with Gasteiger partial charge >= 0.3 is 0 Å². The van der Waals surface area contributed by atoms with Gasteiger partial charge < -0.3 is 10.2 Å². The molecule has 0 radical (unpaired) electrons. The SMILES string of the molecule is C=C(C)N/C(=C\C)c1cc(C(=O)N2CCC(c3ccc(C#N)cc3)CC2)ccc1C. The Bertz CT molecular complexity index is 1000. The second kappa shape index (κ2) is 9.45. The van der Waals surface area contributed by atoms with Crippen molar-refractivity contribution in [1.82, 2.24) is 10.2 Å². The fourth-order valence-electron chi connectivity index (χ4n) is 4.00. The van der Waals surface area contributed by atoms with E-state index < -0.39 is 0 Å². The van der Waals surface area contributed by atoms with E-state index in [2.05, 4.69) is 24.9 Å². The number of aryl methyl sites for hydroxylation is 1. The van der Waals surface area contributed by atoms with E-state index in [1.165, 1.54) is 5.56 Å². The number of benzene rings is 2. The van der Waals surface area contributed by atoms with Gasteiger partial charge in [-0.15, -0.1) is 0 Å². The average Bonchev–Trinajstić information content (AvgIpc) is 2.77. The highest BCUT2D eigenvalue weighted by Crippen LogP contribution is 2.29. The van der Waals surface area contributed by atoms with E-state index in [-0.39, 0.29) is 5.91 Å². The minimum atomic E-state index is 0.0836. The Kier molecular flexibility index (Phi) is 6.74. The van der Waals surface area contributed by atoms with Crippen molar-refractivity contribution in [2.24, 2.45) is 0 Å². The second-order valence-electron chi connectivity index (χ2n) is 7.94. The van der Waals surface area contributed by atoms with E-state index in [1.54, 1.807) is 0 Å². The molecule has 1 fully saturated rings. The first-order valence-electron chi connectivity index (χ1n) is 10.4. The summed E-state index contributed by atoms with van der Waals surface area (Å²) in [5, 5.41) is 12.3. The smallest absolute Gasteiger partial charge is 0.253 e. The molecule has 1 N–H and O–H groups in total. The van der Waals surface area contributed by atoms with Crippen molar-refractivity contribution in [2.45, 2.75) is 39.5 Å². The van der Waals surface area contributed by atoms with E-state index in [4.69, 9.17) is 5.26 Å². The first-order chi connectivity index (χ1) is 14.4. The molecule has 1 amide bonds. The van der Waals surface area contributed by atoms with Gasteiger partial charge in [0.25, 0.3) is 5.91 Å². The number of carbonyl (C=O) groups is 1. The molecule has 1 aliphatic rings. The molecule has 30 heavy (non-hydrogen) atoms. The van der Waals surface area contributed by atoms with Gasteiger partial charge in [0.05, 0.1) is 11.6 Å². The van der Waals surface area contributed by atoms with Crippen molar-refractivity contribution in [3.63, 3.8) is 0 Å². The van der Waals surface area contributed by atoms with Crippen molar-refractivity contribution in [3.05, 3.63) is 88.6 Å². The van der Waals surface area contributed by atoms with Gasteiger partial charge in [0, 0.05) is 35.6 Å². The molecule has 154 valence electrons. The third-order valence-corrected chi connectivity index (χ3v) is 5.70. The number of rotatable bonds is 5. The maximum Gasteiger partial charge on any atom is 0.253 e. The number of hydrogen-bond donors (Lipinski definition) is 1. The van der Waals surface area contributed by atoms with Gasteiger partial charge in [0.15, 0.2) is 0 Å². The van der Waals surface area contributed by atoms with E-state index in [9.17, 15) is 4.79 Å². The minimum Gasteiger partial charge on any atom is -0.359 e. The zero-order valence-electron chi connectivity index (χ0n) is 18.0. The fraction of sp³-hybridized carbons (Fsp3) is 0.308. The van der Waals surface area contributed by atoms with Crippen LogP contribution in [0.5, 0.6) is 0 Å². The lowest BCUT2D eigenvalue weighted by Crippen LogP contribution is -2.38. The number of piperidine rings is 1. The third-order valence-electron chi connectivity index (χ3n) is 5.70. The van der Waals surface area contributed by atoms with Crippen LogP contribution in [0.25, 0.3) is 5.70 Å². The molecule has 0 aliphatic carbocycles. The summed E-state index contributed by atoms with van der Waals surface area (Å²) >= 11 is 0. The topological polar surface area (TPSA) is 56.1 Å². The molecule has 1 saturated heterocycles. The largest absolute Gasteiger partial charge is 0.359 e. The summed E-state index contributed by atoms with van der Waals surface area (Å²) in [4.78, 5) is 15.1. The molecule has 4 nitrogen and oxygen atoms in total. The number of carbonyl (C=O) groups excluding carboxylic acids is 1. The standard InChI is InChI=1S/C26H29N3O/c1-5-25(28-18(2)3)24-16-23(9-6-19(24)4)26(30)29-14-12-22(13-15-29)21-10-7-20(17-27)8-11-21/h5-11,16,22,28H,2,12-15H2,1,3-4H3/b25-5-. The Morgan fingerprint density at radius 1 is 1.20 bits per heavy atom. The Hall–Kier alpha value is -3.32. The molecule has 1 aliphatic heterocycles. The van der Waals surface area contributed by atoms with Gasteiger partial charge in [-0.1, -0.05) is 30.9 Å². The molecule has 2 aromatic carbocycles. The van der Waals surface area contributed by atoms with Gasteiger partial charge in [0.2, 0.25) is 0 Å². The summed E-state index contributed by atoms with van der Waals surface area (Å²) in [6.45, 7) is 11.4. The van der Waals surface area contributed by atoms with Crippen molar-refractivity contribution >= 4 is 11.6 Å². The first-order valence-corrected chi connectivity index (χ1v) is 10.4. The van der Waals surface area contributed by atoms with Crippen LogP contribution in [-0.2, 0) is 0 Å². The van der Waals surface area contributed by atoms with E-state index in [0.717, 1.165) is 54.0 Å². The summed E-state index contributed by atoms with van der Waals surface area (Å²) in [5.41, 5.74) is 6.63. The summed E-state index contributed by atoms with van der Waals surface area (Å²) in [7, 11) is 0. The molecular formula is C26H29N3O. The fourth-order valence-corrected chi connectivity index (χ4v) is 4.00. The summed E-state index contributed by atoms with van der Waals surface area (Å²) < 4.78 is 0. The maximum absolute atomic E-state index is 13.2. The second-order valence-corrected chi connectivity index (χ2v) is 7.94. The number of allylic oxidation sites excluding steroid dienone is 2. The van der Waals surface area contributed by atoms with Crippen LogP contribution in [0.15, 0.2) is 60.8 Å². The van der Waals surface area contributed by atoms with E-state index >= 15 is 0 Å². The molecule has 0 spiro atoms. The van der Waals surface area contributed by atoms with E-state index in [1.807, 2.05) is 67.3 Å².